The molecule has 7 nitrogen and oxygen atoms in total. The molecule has 2 amide bonds. The van der Waals surface area contributed by atoms with Crippen molar-refractivity contribution in [3.8, 4) is 0 Å². The Kier molecular flexibility index (Phi) is 10.8. The minimum atomic E-state index is -0.503. The number of hydrogen-bond donors (Lipinski definition) is 3. The van der Waals surface area contributed by atoms with Gasteiger partial charge in [0, 0.05) is 44.2 Å². The minimum absolute atomic E-state index is 0.00136. The van der Waals surface area contributed by atoms with Gasteiger partial charge in [0.15, 0.2) is 6.29 Å². The Morgan fingerprint density at radius 1 is 0.857 bits per heavy atom. The second-order valence-electron chi connectivity index (χ2n) is 11.3. The lowest BCUT2D eigenvalue weighted by molar-refractivity contribution is -0.253. The zero-order chi connectivity index (χ0) is 29.1. The molecule has 0 radical (unpaired) electrons. The van der Waals surface area contributed by atoms with Gasteiger partial charge in [0.25, 0.3) is 0 Å². The molecule has 3 atom stereocenters. The lowest BCUT2D eigenvalue weighted by atomic mass is 9.99. The predicted octanol–water partition coefficient (Wildman–Crippen LogP) is 6.15. The van der Waals surface area contributed by atoms with Gasteiger partial charge in [-0.15, -0.1) is 6.58 Å². The summed E-state index contributed by atoms with van der Waals surface area (Å²) in [6.07, 6.45) is 7.16. The van der Waals surface area contributed by atoms with E-state index in [-0.39, 0.29) is 24.8 Å². The Morgan fingerprint density at radius 3 is 2.12 bits per heavy atom. The van der Waals surface area contributed by atoms with Crippen molar-refractivity contribution in [1.82, 2.24) is 15.5 Å². The monoisotopic (exact) mass is 569 g/mol. The van der Waals surface area contributed by atoms with Gasteiger partial charge in [0.05, 0.1) is 18.8 Å². The van der Waals surface area contributed by atoms with E-state index < -0.39 is 6.29 Å². The van der Waals surface area contributed by atoms with Crippen LogP contribution >= 0.6 is 0 Å². The van der Waals surface area contributed by atoms with Crippen molar-refractivity contribution in [2.75, 3.05) is 13.1 Å². The summed E-state index contributed by atoms with van der Waals surface area (Å²) in [5, 5.41) is 15.3. The molecular formula is C35H43N3O4. The number of nitrogens with one attached hydrogen (secondary N) is 2. The Hall–Kier alpha value is -3.49. The van der Waals surface area contributed by atoms with Crippen LogP contribution < -0.4 is 10.6 Å². The van der Waals surface area contributed by atoms with Crippen molar-refractivity contribution >= 4 is 6.03 Å². The summed E-state index contributed by atoms with van der Waals surface area (Å²) < 4.78 is 13.1. The Bertz CT molecular complexity index is 1260. The second kappa shape index (κ2) is 15.1. The topological polar surface area (TPSA) is 83.1 Å². The maximum absolute atomic E-state index is 12.3. The van der Waals surface area contributed by atoms with Crippen LogP contribution in [0.25, 0.3) is 0 Å². The van der Waals surface area contributed by atoms with Crippen LogP contribution in [0.15, 0.2) is 91.5 Å². The smallest absolute Gasteiger partial charge is 0.315 e. The number of aliphatic hydroxyl groups is 1. The van der Waals surface area contributed by atoms with E-state index in [4.69, 9.17) is 9.47 Å². The normalized spacial score (nSPS) is 20.9. The molecule has 1 heterocycles. The van der Waals surface area contributed by atoms with E-state index in [9.17, 15) is 9.90 Å². The van der Waals surface area contributed by atoms with Crippen molar-refractivity contribution in [2.45, 2.75) is 76.3 Å². The molecule has 2 aliphatic rings. The number of rotatable bonds is 12. The number of hydrogen-bond acceptors (Lipinski definition) is 5. The van der Waals surface area contributed by atoms with E-state index >= 15 is 0 Å². The fraction of sp³-hybridized carbons (Fsp3) is 0.400. The van der Waals surface area contributed by atoms with E-state index in [1.165, 1.54) is 25.7 Å². The molecule has 0 bridgehead atoms. The average Bonchev–Trinajstić information content (AvgIpc) is 3.58. The van der Waals surface area contributed by atoms with Crippen molar-refractivity contribution in [3.63, 3.8) is 0 Å². The number of benzene rings is 3. The Morgan fingerprint density at radius 2 is 1.48 bits per heavy atom. The fourth-order valence-electron chi connectivity index (χ4n) is 5.92. The summed E-state index contributed by atoms with van der Waals surface area (Å²) in [6, 6.07) is 26.3. The summed E-state index contributed by atoms with van der Waals surface area (Å²) in [4.78, 5) is 14.8. The van der Waals surface area contributed by atoms with Gasteiger partial charge in [-0.1, -0.05) is 97.8 Å². The molecule has 0 aromatic heterocycles. The Labute approximate surface area is 249 Å². The summed E-state index contributed by atoms with van der Waals surface area (Å²) in [7, 11) is 0. The highest BCUT2D eigenvalue weighted by molar-refractivity contribution is 5.73. The summed E-state index contributed by atoms with van der Waals surface area (Å²) in [5.74, 6) is 0. The summed E-state index contributed by atoms with van der Waals surface area (Å²) in [5.41, 5.74) is 4.97. The maximum atomic E-state index is 12.3. The SMILES string of the molecule is C=CCN(C[C@H]1C[C@@H](c2ccc(CO)cc2)O[C@@H](c2ccc(CNC(=O)NCc3ccccc3)cc2)O1)C1CCCC1. The molecule has 7 heteroatoms. The summed E-state index contributed by atoms with van der Waals surface area (Å²) >= 11 is 0. The molecule has 0 spiro atoms. The van der Waals surface area contributed by atoms with Gasteiger partial charge < -0.3 is 25.2 Å². The number of aliphatic hydroxyl groups excluding tert-OH is 1. The molecule has 42 heavy (non-hydrogen) atoms. The van der Waals surface area contributed by atoms with E-state index in [1.807, 2.05) is 84.9 Å². The van der Waals surface area contributed by atoms with E-state index in [0.717, 1.165) is 47.3 Å². The van der Waals surface area contributed by atoms with Crippen LogP contribution in [0.2, 0.25) is 0 Å². The van der Waals surface area contributed by atoms with Gasteiger partial charge in [-0.2, -0.15) is 0 Å². The van der Waals surface area contributed by atoms with Gasteiger partial charge >= 0.3 is 6.03 Å². The van der Waals surface area contributed by atoms with Gasteiger partial charge in [0.2, 0.25) is 0 Å². The number of urea groups is 1. The minimum Gasteiger partial charge on any atom is -0.392 e. The van der Waals surface area contributed by atoms with Crippen LogP contribution in [-0.2, 0) is 29.2 Å². The van der Waals surface area contributed by atoms with Gasteiger partial charge in [0.1, 0.15) is 0 Å². The van der Waals surface area contributed by atoms with Crippen LogP contribution in [0.3, 0.4) is 0 Å². The maximum Gasteiger partial charge on any atom is 0.315 e. The third kappa shape index (κ3) is 8.29. The molecule has 3 aromatic rings. The van der Waals surface area contributed by atoms with E-state index in [0.29, 0.717) is 19.1 Å². The molecule has 0 unspecified atom stereocenters. The van der Waals surface area contributed by atoms with E-state index in [2.05, 4.69) is 22.1 Å². The highest BCUT2D eigenvalue weighted by atomic mass is 16.7. The molecule has 2 fully saturated rings. The van der Waals surface area contributed by atoms with Crippen LogP contribution in [0, 0.1) is 0 Å². The Balaban J connectivity index is 1.23. The zero-order valence-corrected chi connectivity index (χ0v) is 24.3. The summed E-state index contributed by atoms with van der Waals surface area (Å²) in [6.45, 7) is 6.63. The highest BCUT2D eigenvalue weighted by Gasteiger charge is 2.34. The molecular weight excluding hydrogens is 526 g/mol. The molecule has 1 aliphatic carbocycles. The third-order valence-corrected chi connectivity index (χ3v) is 8.26. The highest BCUT2D eigenvalue weighted by Crippen LogP contribution is 2.38. The standard InChI is InChI=1S/C35H43N3O4/c1-2-20-38(31-10-6-7-11-31)24-32-21-33(29-16-14-28(25-39)15-17-29)42-34(41-32)30-18-12-27(13-19-30)23-37-35(40)36-22-26-8-4-3-5-9-26/h2-5,8-9,12-19,31-34,39H,1,6-7,10-11,20-25H2,(H2,36,37,40)/t32-,33+,34+/m1/s1. The zero-order valence-electron chi connectivity index (χ0n) is 24.3. The molecule has 1 aliphatic heterocycles. The van der Waals surface area contributed by atoms with Crippen LogP contribution in [-0.4, -0.2) is 41.3 Å². The van der Waals surface area contributed by atoms with Crippen molar-refractivity contribution in [3.05, 3.63) is 119 Å². The van der Waals surface area contributed by atoms with Gasteiger partial charge in [-0.05, 0) is 35.1 Å². The first kappa shape index (κ1) is 30.0. The fourth-order valence-corrected chi connectivity index (χ4v) is 5.92. The molecule has 222 valence electrons. The van der Waals surface area contributed by atoms with Crippen molar-refractivity contribution < 1.29 is 19.4 Å². The first-order valence-electron chi connectivity index (χ1n) is 15.1. The first-order chi connectivity index (χ1) is 20.6. The van der Waals surface area contributed by atoms with Crippen molar-refractivity contribution in [2.24, 2.45) is 0 Å². The molecule has 3 aromatic carbocycles. The van der Waals surface area contributed by atoms with Gasteiger partial charge in [-0.3, -0.25) is 4.90 Å². The largest absolute Gasteiger partial charge is 0.392 e. The van der Waals surface area contributed by atoms with Crippen LogP contribution in [0.5, 0.6) is 0 Å². The lowest BCUT2D eigenvalue weighted by Gasteiger charge is -2.39. The van der Waals surface area contributed by atoms with Crippen LogP contribution in [0.1, 0.15) is 72.3 Å². The molecule has 5 rings (SSSR count). The molecule has 3 N–H and O–H groups in total. The number of nitrogens with zero attached hydrogens (tertiary/aromatic N) is 1. The molecule has 1 saturated carbocycles. The lowest BCUT2D eigenvalue weighted by Crippen LogP contribution is -2.43. The number of ether oxygens (including phenoxy) is 2. The average molecular weight is 570 g/mol. The van der Waals surface area contributed by atoms with E-state index in [1.54, 1.807) is 0 Å². The van der Waals surface area contributed by atoms with Gasteiger partial charge in [-0.25, -0.2) is 4.79 Å². The third-order valence-electron chi connectivity index (χ3n) is 8.26. The number of carbonyl (C=O) groups is 1. The second-order valence-corrected chi connectivity index (χ2v) is 11.3. The number of amides is 2. The molecule has 1 saturated heterocycles. The quantitative estimate of drug-likeness (QED) is 0.228. The first-order valence-corrected chi connectivity index (χ1v) is 15.1. The van der Waals surface area contributed by atoms with Crippen molar-refractivity contribution in [1.29, 1.82) is 0 Å². The van der Waals surface area contributed by atoms with Crippen LogP contribution in [0.4, 0.5) is 4.79 Å². The predicted molar refractivity (Wildman–Crippen MR) is 164 cm³/mol. The number of carbonyl (C=O) groups excluding carboxylic acids is 1.